The highest BCUT2D eigenvalue weighted by Gasteiger charge is 2.36. The first-order chi connectivity index (χ1) is 13.5. The highest BCUT2D eigenvalue weighted by Crippen LogP contribution is 2.47. The molecule has 0 unspecified atom stereocenters. The lowest BCUT2D eigenvalue weighted by atomic mass is 10.1. The molecule has 2 aliphatic rings. The number of likely N-dealkylation sites (N-methyl/N-ethyl adjacent to an activating group) is 1. The van der Waals surface area contributed by atoms with Crippen molar-refractivity contribution in [1.29, 1.82) is 0 Å². The van der Waals surface area contributed by atoms with Gasteiger partial charge in [-0.15, -0.1) is 0 Å². The van der Waals surface area contributed by atoms with Crippen molar-refractivity contribution in [3.63, 3.8) is 0 Å². The van der Waals surface area contributed by atoms with Crippen LogP contribution < -0.4 is 10.6 Å². The van der Waals surface area contributed by atoms with Gasteiger partial charge in [0, 0.05) is 12.0 Å². The van der Waals surface area contributed by atoms with Crippen molar-refractivity contribution >= 4 is 17.5 Å². The van der Waals surface area contributed by atoms with Gasteiger partial charge in [-0.25, -0.2) is 0 Å². The predicted molar refractivity (Wildman–Crippen MR) is 107 cm³/mol. The van der Waals surface area contributed by atoms with Crippen LogP contribution in [0.5, 0.6) is 0 Å². The van der Waals surface area contributed by atoms with E-state index in [0.29, 0.717) is 29.6 Å². The van der Waals surface area contributed by atoms with E-state index in [9.17, 15) is 9.59 Å². The molecule has 2 amide bonds. The summed E-state index contributed by atoms with van der Waals surface area (Å²) in [6.45, 7) is 3.01. The lowest BCUT2D eigenvalue weighted by Gasteiger charge is -2.16. The number of rotatable bonds is 8. The molecule has 6 nitrogen and oxygen atoms in total. The van der Waals surface area contributed by atoms with Crippen molar-refractivity contribution in [2.24, 2.45) is 5.92 Å². The molecular weight excluding hydrogens is 354 g/mol. The van der Waals surface area contributed by atoms with E-state index >= 15 is 0 Å². The van der Waals surface area contributed by atoms with Gasteiger partial charge in [0.05, 0.1) is 24.3 Å². The maximum absolute atomic E-state index is 12.5. The summed E-state index contributed by atoms with van der Waals surface area (Å²) in [5, 5.41) is 5.83. The minimum absolute atomic E-state index is 0.135. The Bertz CT molecular complexity index is 871. The van der Waals surface area contributed by atoms with Crippen LogP contribution in [-0.4, -0.2) is 36.3 Å². The summed E-state index contributed by atoms with van der Waals surface area (Å²) in [7, 11) is 1.88. The number of anilines is 1. The first-order valence-electron chi connectivity index (χ1n) is 9.96. The van der Waals surface area contributed by atoms with Gasteiger partial charge >= 0.3 is 0 Å². The van der Waals surface area contributed by atoms with Crippen LogP contribution in [-0.2, 0) is 11.3 Å². The summed E-state index contributed by atoms with van der Waals surface area (Å²) in [5.41, 5.74) is 1.04. The topological polar surface area (TPSA) is 74.6 Å². The van der Waals surface area contributed by atoms with E-state index in [1.807, 2.05) is 30.1 Å². The summed E-state index contributed by atoms with van der Waals surface area (Å²) < 4.78 is 5.92. The number of amides is 2. The van der Waals surface area contributed by atoms with Crippen LogP contribution >= 0.6 is 0 Å². The van der Waals surface area contributed by atoms with Gasteiger partial charge in [0.15, 0.2) is 0 Å². The zero-order chi connectivity index (χ0) is 19.7. The summed E-state index contributed by atoms with van der Waals surface area (Å²) >= 11 is 0. The molecule has 6 heteroatoms. The van der Waals surface area contributed by atoms with Gasteiger partial charge in [-0.05, 0) is 56.5 Å². The minimum atomic E-state index is -0.156. The van der Waals surface area contributed by atoms with Gasteiger partial charge in [0.2, 0.25) is 5.91 Å². The molecule has 2 atom stereocenters. The number of hydrogen-bond acceptors (Lipinski definition) is 4. The van der Waals surface area contributed by atoms with Gasteiger partial charge in [0.1, 0.15) is 11.5 Å². The summed E-state index contributed by atoms with van der Waals surface area (Å²) in [6.07, 6.45) is 3.25. The van der Waals surface area contributed by atoms with Crippen LogP contribution in [0.1, 0.15) is 54.0 Å². The van der Waals surface area contributed by atoms with Crippen LogP contribution in [0.15, 0.2) is 40.8 Å². The number of nitrogens with one attached hydrogen (secondary N) is 2. The van der Waals surface area contributed by atoms with E-state index < -0.39 is 0 Å². The van der Waals surface area contributed by atoms with Crippen molar-refractivity contribution in [2.45, 2.75) is 44.7 Å². The lowest BCUT2D eigenvalue weighted by Crippen LogP contribution is -2.31. The van der Waals surface area contributed by atoms with Gasteiger partial charge in [-0.3, -0.25) is 14.5 Å². The molecule has 0 radical (unpaired) electrons. The normalized spacial score (nSPS) is 20.8. The Morgan fingerprint density at radius 3 is 2.64 bits per heavy atom. The second-order valence-corrected chi connectivity index (χ2v) is 8.14. The zero-order valence-electron chi connectivity index (χ0n) is 16.4. The van der Waals surface area contributed by atoms with E-state index in [-0.39, 0.29) is 24.4 Å². The Labute approximate surface area is 165 Å². The third kappa shape index (κ3) is 4.62. The molecule has 2 fully saturated rings. The maximum atomic E-state index is 12.5. The molecule has 2 N–H and O–H groups in total. The van der Waals surface area contributed by atoms with E-state index in [1.54, 1.807) is 18.2 Å². The van der Waals surface area contributed by atoms with Crippen LogP contribution in [0, 0.1) is 5.92 Å². The minimum Gasteiger partial charge on any atom is -0.464 e. The Morgan fingerprint density at radius 1 is 1.18 bits per heavy atom. The molecule has 4 rings (SSSR count). The molecule has 2 aliphatic carbocycles. The van der Waals surface area contributed by atoms with Gasteiger partial charge in [-0.1, -0.05) is 19.1 Å². The predicted octanol–water partition coefficient (Wildman–Crippen LogP) is 3.37. The molecule has 1 aromatic heterocycles. The quantitative estimate of drug-likeness (QED) is 0.735. The highest BCUT2D eigenvalue weighted by atomic mass is 16.3. The van der Waals surface area contributed by atoms with Crippen LogP contribution in [0.2, 0.25) is 0 Å². The van der Waals surface area contributed by atoms with Crippen molar-refractivity contribution in [3.8, 4) is 0 Å². The SMILES string of the molecule is C[C@@H]1C[C@@H]1c1ccc(CN(C)CC(=O)Nc2ccccc2C(=O)NC2CC2)o1. The maximum Gasteiger partial charge on any atom is 0.253 e. The number of benzene rings is 1. The number of carbonyl (C=O) groups is 2. The van der Waals surface area contributed by atoms with Gasteiger partial charge < -0.3 is 15.1 Å². The first kappa shape index (κ1) is 18.7. The smallest absolute Gasteiger partial charge is 0.253 e. The third-order valence-electron chi connectivity index (χ3n) is 5.35. The fourth-order valence-corrected chi connectivity index (χ4v) is 3.44. The summed E-state index contributed by atoms with van der Waals surface area (Å²) in [5.74, 6) is 2.89. The van der Waals surface area contributed by atoms with E-state index in [0.717, 1.165) is 24.4 Å². The average molecular weight is 381 g/mol. The molecular formula is C22H27N3O3. The average Bonchev–Trinajstić information content (AvgIpc) is 3.56. The number of para-hydroxylation sites is 1. The fourth-order valence-electron chi connectivity index (χ4n) is 3.44. The third-order valence-corrected chi connectivity index (χ3v) is 5.35. The summed E-state index contributed by atoms with van der Waals surface area (Å²) in [4.78, 5) is 26.7. The number of carbonyl (C=O) groups excluding carboxylic acids is 2. The van der Waals surface area contributed by atoms with Crippen molar-refractivity contribution in [1.82, 2.24) is 10.2 Å². The molecule has 1 heterocycles. The molecule has 0 saturated heterocycles. The monoisotopic (exact) mass is 381 g/mol. The van der Waals surface area contributed by atoms with Crippen molar-refractivity contribution < 1.29 is 14.0 Å². The standard InChI is InChI=1S/C22H27N3O3/c1-14-11-18(14)20-10-9-16(28-20)12-25(2)13-21(26)24-19-6-4-3-5-17(19)22(27)23-15-7-8-15/h3-6,9-10,14-15,18H,7-8,11-13H2,1-2H3,(H,23,27)(H,24,26)/t14-,18+/m1/s1. The fraction of sp³-hybridized carbons (Fsp3) is 0.455. The van der Waals surface area contributed by atoms with Crippen molar-refractivity contribution in [2.75, 3.05) is 18.9 Å². The van der Waals surface area contributed by atoms with Crippen LogP contribution in [0.3, 0.4) is 0 Å². The molecule has 1 aromatic carbocycles. The van der Waals surface area contributed by atoms with Crippen molar-refractivity contribution in [3.05, 3.63) is 53.5 Å². The number of furan rings is 1. The lowest BCUT2D eigenvalue weighted by molar-refractivity contribution is -0.117. The molecule has 0 spiro atoms. The largest absolute Gasteiger partial charge is 0.464 e. The summed E-state index contributed by atoms with van der Waals surface area (Å²) in [6, 6.07) is 11.4. The molecule has 0 bridgehead atoms. The van der Waals surface area contributed by atoms with E-state index in [4.69, 9.17) is 4.42 Å². The second-order valence-electron chi connectivity index (χ2n) is 8.14. The molecule has 28 heavy (non-hydrogen) atoms. The Kier molecular flexibility index (Phi) is 5.22. The van der Waals surface area contributed by atoms with Crippen LogP contribution in [0.25, 0.3) is 0 Å². The number of nitrogens with zero attached hydrogens (tertiary/aromatic N) is 1. The van der Waals surface area contributed by atoms with Gasteiger partial charge in [-0.2, -0.15) is 0 Å². The van der Waals surface area contributed by atoms with Gasteiger partial charge in [0.25, 0.3) is 5.91 Å². The zero-order valence-corrected chi connectivity index (χ0v) is 16.4. The Morgan fingerprint density at radius 2 is 1.93 bits per heavy atom. The first-order valence-corrected chi connectivity index (χ1v) is 9.96. The van der Waals surface area contributed by atoms with Crippen LogP contribution in [0.4, 0.5) is 5.69 Å². The molecule has 148 valence electrons. The highest BCUT2D eigenvalue weighted by molar-refractivity contribution is 6.04. The molecule has 0 aliphatic heterocycles. The molecule has 2 saturated carbocycles. The van der Waals surface area contributed by atoms with E-state index in [2.05, 4.69) is 17.6 Å². The Hall–Kier alpha value is -2.60. The molecule has 2 aromatic rings. The Balaban J connectivity index is 1.31. The van der Waals surface area contributed by atoms with E-state index in [1.165, 1.54) is 6.42 Å². The number of hydrogen-bond donors (Lipinski definition) is 2. The second kappa shape index (κ2) is 7.80.